The lowest BCUT2D eigenvalue weighted by atomic mass is 9.72. The maximum absolute atomic E-state index is 6.23. The van der Waals surface area contributed by atoms with Crippen LogP contribution in [0.25, 0.3) is 0 Å². The summed E-state index contributed by atoms with van der Waals surface area (Å²) in [5, 5.41) is 0. The molecule has 0 aromatic rings. The molecule has 16 heavy (non-hydrogen) atoms. The second-order valence-corrected chi connectivity index (χ2v) is 6.26. The van der Waals surface area contributed by atoms with Gasteiger partial charge in [-0.15, -0.1) is 0 Å². The Hall–Kier alpha value is -0.0800. The van der Waals surface area contributed by atoms with Crippen LogP contribution >= 0.6 is 0 Å². The Labute approximate surface area is 100 Å². The van der Waals surface area contributed by atoms with Gasteiger partial charge in [-0.05, 0) is 49.9 Å². The van der Waals surface area contributed by atoms with Crippen LogP contribution in [0.15, 0.2) is 0 Å². The molecule has 0 aromatic heterocycles. The average molecular weight is 224 g/mol. The van der Waals surface area contributed by atoms with Crippen molar-refractivity contribution in [2.45, 2.75) is 70.4 Å². The van der Waals surface area contributed by atoms with Crippen molar-refractivity contribution in [2.24, 2.45) is 29.2 Å². The normalized spacial score (nSPS) is 45.6. The third-order valence-corrected chi connectivity index (χ3v) is 4.97. The zero-order valence-electron chi connectivity index (χ0n) is 10.7. The molecule has 0 aromatic carbocycles. The van der Waals surface area contributed by atoms with Crippen molar-refractivity contribution in [3.8, 4) is 0 Å². The lowest BCUT2D eigenvalue weighted by molar-refractivity contribution is 0.185. The molecule has 0 radical (unpaired) electrons. The van der Waals surface area contributed by atoms with Gasteiger partial charge < -0.3 is 11.5 Å². The largest absolute Gasteiger partial charge is 0.327 e. The fourth-order valence-electron chi connectivity index (χ4n) is 3.62. The van der Waals surface area contributed by atoms with Crippen molar-refractivity contribution in [1.29, 1.82) is 0 Å². The number of nitrogens with two attached hydrogens (primary N) is 2. The summed E-state index contributed by atoms with van der Waals surface area (Å²) in [6.45, 7) is 2.30. The van der Waals surface area contributed by atoms with Crippen LogP contribution in [0.4, 0.5) is 0 Å². The van der Waals surface area contributed by atoms with Gasteiger partial charge in [-0.25, -0.2) is 0 Å². The summed E-state index contributed by atoms with van der Waals surface area (Å²) in [6, 6.07) is 0.919. The van der Waals surface area contributed by atoms with Crippen molar-refractivity contribution in [2.75, 3.05) is 0 Å². The van der Waals surface area contributed by atoms with E-state index in [0.29, 0.717) is 12.1 Å². The predicted molar refractivity (Wildman–Crippen MR) is 69.0 cm³/mol. The molecule has 0 saturated heterocycles. The van der Waals surface area contributed by atoms with Crippen LogP contribution in [0.3, 0.4) is 0 Å². The Balaban J connectivity index is 1.80. The van der Waals surface area contributed by atoms with Gasteiger partial charge >= 0.3 is 0 Å². The fourth-order valence-corrected chi connectivity index (χ4v) is 3.62. The molecule has 4 N–H and O–H groups in total. The first-order valence-electron chi connectivity index (χ1n) is 7.18. The van der Waals surface area contributed by atoms with Gasteiger partial charge in [0.05, 0.1) is 0 Å². The molecule has 0 bridgehead atoms. The zero-order chi connectivity index (χ0) is 11.5. The van der Waals surface area contributed by atoms with Crippen molar-refractivity contribution < 1.29 is 0 Å². The summed E-state index contributed by atoms with van der Waals surface area (Å²) in [6.07, 6.45) is 10.7. The highest BCUT2D eigenvalue weighted by Crippen LogP contribution is 2.36. The van der Waals surface area contributed by atoms with E-state index in [1.807, 2.05) is 0 Å². The highest BCUT2D eigenvalue weighted by molar-refractivity contribution is 4.85. The maximum Gasteiger partial charge on any atom is 0.00672 e. The molecule has 2 nitrogen and oxygen atoms in total. The van der Waals surface area contributed by atoms with Crippen LogP contribution in [-0.4, -0.2) is 12.1 Å². The molecule has 5 unspecified atom stereocenters. The quantitative estimate of drug-likeness (QED) is 0.757. The minimum Gasteiger partial charge on any atom is -0.327 e. The summed E-state index contributed by atoms with van der Waals surface area (Å²) in [5.41, 5.74) is 12.4. The molecule has 2 aliphatic carbocycles. The highest BCUT2D eigenvalue weighted by Gasteiger charge is 2.29. The lowest BCUT2D eigenvalue weighted by Gasteiger charge is -2.36. The molecule has 2 saturated carbocycles. The molecule has 0 heterocycles. The number of rotatable bonds is 2. The summed E-state index contributed by atoms with van der Waals surface area (Å²) < 4.78 is 0. The summed E-state index contributed by atoms with van der Waals surface area (Å²) >= 11 is 0. The maximum atomic E-state index is 6.23. The van der Waals surface area contributed by atoms with Crippen LogP contribution in [0.2, 0.25) is 0 Å². The van der Waals surface area contributed by atoms with E-state index in [9.17, 15) is 0 Å². The van der Waals surface area contributed by atoms with E-state index < -0.39 is 0 Å². The Kier molecular flexibility index (Phi) is 4.26. The van der Waals surface area contributed by atoms with Crippen LogP contribution in [0.5, 0.6) is 0 Å². The summed E-state index contributed by atoms with van der Waals surface area (Å²) in [5.74, 6) is 2.39. The van der Waals surface area contributed by atoms with Gasteiger partial charge in [0, 0.05) is 12.1 Å². The molecule has 2 aliphatic rings. The van der Waals surface area contributed by atoms with Crippen LogP contribution in [0.1, 0.15) is 58.3 Å². The first-order chi connectivity index (χ1) is 7.66. The van der Waals surface area contributed by atoms with E-state index in [-0.39, 0.29) is 0 Å². The number of hydrogen-bond acceptors (Lipinski definition) is 2. The average Bonchev–Trinajstić information content (AvgIpc) is 2.27. The third-order valence-electron chi connectivity index (χ3n) is 4.97. The van der Waals surface area contributed by atoms with Crippen LogP contribution in [0, 0.1) is 17.8 Å². The van der Waals surface area contributed by atoms with Gasteiger partial charge in [0.15, 0.2) is 0 Å². The van der Waals surface area contributed by atoms with Crippen molar-refractivity contribution in [3.63, 3.8) is 0 Å². The molecule has 0 spiro atoms. The van der Waals surface area contributed by atoms with Crippen molar-refractivity contribution in [3.05, 3.63) is 0 Å². The van der Waals surface area contributed by atoms with E-state index >= 15 is 0 Å². The minimum absolute atomic E-state index is 0.443. The van der Waals surface area contributed by atoms with E-state index in [4.69, 9.17) is 11.5 Å². The molecular formula is C14H28N2. The molecule has 2 heteroatoms. The molecular weight excluding hydrogens is 196 g/mol. The first-order valence-corrected chi connectivity index (χ1v) is 7.18. The Morgan fingerprint density at radius 2 is 1.69 bits per heavy atom. The van der Waals surface area contributed by atoms with E-state index in [1.54, 1.807) is 0 Å². The predicted octanol–water partition coefficient (Wildman–Crippen LogP) is 2.66. The van der Waals surface area contributed by atoms with E-state index in [0.717, 1.165) is 17.8 Å². The second kappa shape index (κ2) is 5.50. The molecule has 0 aliphatic heterocycles. The van der Waals surface area contributed by atoms with Crippen molar-refractivity contribution >= 4 is 0 Å². The topological polar surface area (TPSA) is 52.0 Å². The highest BCUT2D eigenvalue weighted by atomic mass is 14.7. The van der Waals surface area contributed by atoms with E-state index in [2.05, 4.69) is 6.92 Å². The van der Waals surface area contributed by atoms with Gasteiger partial charge in [0.2, 0.25) is 0 Å². The van der Waals surface area contributed by atoms with Crippen LogP contribution in [-0.2, 0) is 0 Å². The smallest absolute Gasteiger partial charge is 0.00672 e. The minimum atomic E-state index is 0.443. The summed E-state index contributed by atoms with van der Waals surface area (Å²) in [4.78, 5) is 0. The number of hydrogen-bond donors (Lipinski definition) is 2. The molecule has 0 amide bonds. The lowest BCUT2D eigenvalue weighted by Crippen LogP contribution is -2.38. The third kappa shape index (κ3) is 2.98. The van der Waals surface area contributed by atoms with Gasteiger partial charge in [-0.2, -0.15) is 0 Å². The van der Waals surface area contributed by atoms with Gasteiger partial charge in [-0.1, -0.05) is 26.2 Å². The zero-order valence-corrected chi connectivity index (χ0v) is 10.7. The van der Waals surface area contributed by atoms with Crippen LogP contribution < -0.4 is 11.5 Å². The Morgan fingerprint density at radius 1 is 0.938 bits per heavy atom. The fraction of sp³-hybridized carbons (Fsp3) is 1.00. The Bertz CT molecular complexity index is 217. The van der Waals surface area contributed by atoms with E-state index in [1.165, 1.54) is 51.4 Å². The second-order valence-electron chi connectivity index (χ2n) is 6.26. The Morgan fingerprint density at radius 3 is 2.38 bits per heavy atom. The van der Waals surface area contributed by atoms with Crippen molar-refractivity contribution in [1.82, 2.24) is 0 Å². The van der Waals surface area contributed by atoms with Gasteiger partial charge in [0.25, 0.3) is 0 Å². The first kappa shape index (κ1) is 12.4. The van der Waals surface area contributed by atoms with Gasteiger partial charge in [0.1, 0.15) is 0 Å². The van der Waals surface area contributed by atoms with Gasteiger partial charge in [-0.3, -0.25) is 0 Å². The standard InChI is InChI=1S/C14H28N2/c1-10-6-7-11(9-14(10)16)8-12-4-2-3-5-13(12)15/h10-14H,2-9,15-16H2,1H3. The molecule has 94 valence electrons. The SMILES string of the molecule is CC1CCC(CC2CCCCC2N)CC1N. The molecule has 2 rings (SSSR count). The summed E-state index contributed by atoms with van der Waals surface area (Å²) in [7, 11) is 0. The molecule has 5 atom stereocenters. The molecule has 2 fully saturated rings. The monoisotopic (exact) mass is 224 g/mol.